The van der Waals surface area contributed by atoms with Gasteiger partial charge in [-0.25, -0.2) is 4.68 Å². The molecule has 0 radical (unpaired) electrons. The molecule has 1 unspecified atom stereocenters. The van der Waals surface area contributed by atoms with Crippen molar-refractivity contribution in [3.05, 3.63) is 35.7 Å². The summed E-state index contributed by atoms with van der Waals surface area (Å²) in [4.78, 5) is 2.55. The van der Waals surface area contributed by atoms with Crippen molar-refractivity contribution in [1.29, 1.82) is 0 Å². The maximum absolute atomic E-state index is 5.45. The van der Waals surface area contributed by atoms with Crippen LogP contribution in [-0.2, 0) is 11.2 Å². The fourth-order valence-corrected chi connectivity index (χ4v) is 4.13. The van der Waals surface area contributed by atoms with Gasteiger partial charge in [0.1, 0.15) is 0 Å². The molecule has 1 atom stereocenters. The standard InChI is InChI=1S/C19H27N3O/c1-2-6-17(7-3-1)22-19-8-4-5-16(18(19)15-20-22)9-10-21-11-13-23-14-12-21/h1-2,6,15-16H,3-5,7-14H2. The summed E-state index contributed by atoms with van der Waals surface area (Å²) in [6.45, 7) is 5.19. The summed E-state index contributed by atoms with van der Waals surface area (Å²) < 4.78 is 7.69. The first-order chi connectivity index (χ1) is 11.4. The van der Waals surface area contributed by atoms with Gasteiger partial charge in [-0.05, 0) is 62.6 Å². The summed E-state index contributed by atoms with van der Waals surface area (Å²) in [5, 5.41) is 4.75. The number of hydrogen-bond acceptors (Lipinski definition) is 3. The number of allylic oxidation sites excluding steroid dienone is 4. The van der Waals surface area contributed by atoms with E-state index in [1.807, 2.05) is 0 Å². The van der Waals surface area contributed by atoms with Crippen molar-refractivity contribution in [2.75, 3.05) is 32.8 Å². The number of rotatable bonds is 4. The average molecular weight is 313 g/mol. The third-order valence-electron chi connectivity index (χ3n) is 5.47. The minimum absolute atomic E-state index is 0.690. The Morgan fingerprint density at radius 3 is 2.96 bits per heavy atom. The van der Waals surface area contributed by atoms with Crippen molar-refractivity contribution < 1.29 is 4.74 Å². The van der Waals surface area contributed by atoms with Gasteiger partial charge in [0.05, 0.1) is 19.4 Å². The molecule has 1 saturated heterocycles. The van der Waals surface area contributed by atoms with Gasteiger partial charge in [-0.2, -0.15) is 5.10 Å². The molecule has 23 heavy (non-hydrogen) atoms. The quantitative estimate of drug-likeness (QED) is 0.855. The van der Waals surface area contributed by atoms with Crippen LogP contribution in [0.5, 0.6) is 0 Å². The average Bonchev–Trinajstić information content (AvgIpc) is 3.06. The van der Waals surface area contributed by atoms with E-state index in [2.05, 4.69) is 34.0 Å². The van der Waals surface area contributed by atoms with Gasteiger partial charge in [-0.15, -0.1) is 0 Å². The van der Waals surface area contributed by atoms with E-state index in [0.29, 0.717) is 5.92 Å². The Bertz CT molecular complexity index is 596. The van der Waals surface area contributed by atoms with Gasteiger partial charge in [-0.3, -0.25) is 4.90 Å². The summed E-state index contributed by atoms with van der Waals surface area (Å²) in [5.41, 5.74) is 4.35. The number of ether oxygens (including phenoxy) is 1. The second-order valence-electron chi connectivity index (χ2n) is 6.92. The Morgan fingerprint density at radius 2 is 2.13 bits per heavy atom. The normalized spacial score (nSPS) is 25.2. The summed E-state index contributed by atoms with van der Waals surface area (Å²) in [6, 6.07) is 0. The predicted molar refractivity (Wildman–Crippen MR) is 92.4 cm³/mol. The SMILES string of the molecule is C1=CCCC(n2ncc3c2CCCC3CCN2CCOCC2)=C1. The molecule has 0 aromatic carbocycles. The number of nitrogens with zero attached hydrogens (tertiary/aromatic N) is 3. The lowest BCUT2D eigenvalue weighted by Gasteiger charge is -2.30. The highest BCUT2D eigenvalue weighted by Crippen LogP contribution is 2.35. The van der Waals surface area contributed by atoms with E-state index in [-0.39, 0.29) is 0 Å². The van der Waals surface area contributed by atoms with Gasteiger partial charge in [0.2, 0.25) is 0 Å². The summed E-state index contributed by atoms with van der Waals surface area (Å²) in [5.74, 6) is 0.690. The van der Waals surface area contributed by atoms with Crippen molar-refractivity contribution in [2.24, 2.45) is 0 Å². The highest BCUT2D eigenvalue weighted by atomic mass is 16.5. The zero-order valence-electron chi connectivity index (χ0n) is 13.9. The summed E-state index contributed by atoms with van der Waals surface area (Å²) in [6.07, 6.45) is 16.1. The van der Waals surface area contributed by atoms with Crippen molar-refractivity contribution in [3.63, 3.8) is 0 Å². The third kappa shape index (κ3) is 3.29. The first-order valence-corrected chi connectivity index (χ1v) is 9.15. The Morgan fingerprint density at radius 1 is 1.22 bits per heavy atom. The van der Waals surface area contributed by atoms with Crippen LogP contribution in [0.15, 0.2) is 24.4 Å². The van der Waals surface area contributed by atoms with Gasteiger partial charge in [0, 0.05) is 24.5 Å². The van der Waals surface area contributed by atoms with E-state index in [9.17, 15) is 0 Å². The Kier molecular flexibility index (Phi) is 4.62. The lowest BCUT2D eigenvalue weighted by Crippen LogP contribution is -2.37. The molecule has 0 bridgehead atoms. The zero-order chi connectivity index (χ0) is 15.5. The zero-order valence-corrected chi connectivity index (χ0v) is 13.9. The molecule has 1 aromatic heterocycles. The Hall–Kier alpha value is -1.39. The molecule has 0 saturated carbocycles. The Labute approximate surface area is 138 Å². The number of hydrogen-bond donors (Lipinski definition) is 0. The molecule has 4 rings (SSSR count). The van der Waals surface area contributed by atoms with Crippen molar-refractivity contribution in [3.8, 4) is 0 Å². The highest BCUT2D eigenvalue weighted by Gasteiger charge is 2.26. The van der Waals surface area contributed by atoms with Crippen molar-refractivity contribution >= 4 is 5.70 Å². The molecule has 1 fully saturated rings. The molecule has 124 valence electrons. The van der Waals surface area contributed by atoms with Gasteiger partial charge < -0.3 is 4.74 Å². The molecule has 0 N–H and O–H groups in total. The van der Waals surface area contributed by atoms with E-state index < -0.39 is 0 Å². The van der Waals surface area contributed by atoms with Crippen LogP contribution in [0.2, 0.25) is 0 Å². The van der Waals surface area contributed by atoms with E-state index in [4.69, 9.17) is 9.84 Å². The summed E-state index contributed by atoms with van der Waals surface area (Å²) in [7, 11) is 0. The summed E-state index contributed by atoms with van der Waals surface area (Å²) >= 11 is 0. The lowest BCUT2D eigenvalue weighted by atomic mass is 9.84. The minimum Gasteiger partial charge on any atom is -0.379 e. The van der Waals surface area contributed by atoms with Crippen LogP contribution < -0.4 is 0 Å². The van der Waals surface area contributed by atoms with Crippen LogP contribution in [0.1, 0.15) is 49.3 Å². The Balaban J connectivity index is 1.47. The van der Waals surface area contributed by atoms with Crippen LogP contribution >= 0.6 is 0 Å². The molecule has 1 aromatic rings. The third-order valence-corrected chi connectivity index (χ3v) is 5.47. The van der Waals surface area contributed by atoms with E-state index >= 15 is 0 Å². The van der Waals surface area contributed by atoms with Crippen LogP contribution in [0.25, 0.3) is 5.70 Å². The van der Waals surface area contributed by atoms with Crippen LogP contribution in [-0.4, -0.2) is 47.5 Å². The van der Waals surface area contributed by atoms with Gasteiger partial charge >= 0.3 is 0 Å². The first-order valence-electron chi connectivity index (χ1n) is 9.15. The monoisotopic (exact) mass is 313 g/mol. The van der Waals surface area contributed by atoms with E-state index in [1.165, 1.54) is 49.2 Å². The molecule has 4 heteroatoms. The topological polar surface area (TPSA) is 30.3 Å². The smallest absolute Gasteiger partial charge is 0.0594 e. The predicted octanol–water partition coefficient (Wildman–Crippen LogP) is 3.22. The number of morpholine rings is 1. The second-order valence-corrected chi connectivity index (χ2v) is 6.92. The fraction of sp³-hybridized carbons (Fsp3) is 0.632. The molecular weight excluding hydrogens is 286 g/mol. The maximum atomic E-state index is 5.45. The van der Waals surface area contributed by atoms with Crippen LogP contribution in [0.4, 0.5) is 0 Å². The molecule has 0 amide bonds. The lowest BCUT2D eigenvalue weighted by molar-refractivity contribution is 0.0363. The van der Waals surface area contributed by atoms with Gasteiger partial charge in [-0.1, -0.05) is 12.2 Å². The molecular formula is C19H27N3O. The van der Waals surface area contributed by atoms with Crippen molar-refractivity contribution in [2.45, 2.75) is 44.4 Å². The van der Waals surface area contributed by atoms with E-state index in [1.54, 1.807) is 0 Å². The molecule has 0 spiro atoms. The molecule has 4 nitrogen and oxygen atoms in total. The fourth-order valence-electron chi connectivity index (χ4n) is 4.13. The van der Waals surface area contributed by atoms with Crippen LogP contribution in [0.3, 0.4) is 0 Å². The first kappa shape index (κ1) is 15.2. The molecule has 1 aliphatic heterocycles. The number of fused-ring (bicyclic) bond motifs is 1. The van der Waals surface area contributed by atoms with E-state index in [0.717, 1.165) is 39.1 Å². The minimum atomic E-state index is 0.690. The maximum Gasteiger partial charge on any atom is 0.0594 e. The van der Waals surface area contributed by atoms with Gasteiger partial charge in [0.15, 0.2) is 0 Å². The van der Waals surface area contributed by atoms with Crippen LogP contribution in [0, 0.1) is 0 Å². The van der Waals surface area contributed by atoms with Crippen molar-refractivity contribution in [1.82, 2.24) is 14.7 Å². The van der Waals surface area contributed by atoms with Gasteiger partial charge in [0.25, 0.3) is 0 Å². The number of aromatic nitrogens is 2. The molecule has 2 heterocycles. The molecule has 3 aliphatic rings. The highest BCUT2D eigenvalue weighted by molar-refractivity contribution is 5.52. The molecule has 2 aliphatic carbocycles. The second kappa shape index (κ2) is 7.02. The largest absolute Gasteiger partial charge is 0.379 e.